The average Bonchev–Trinajstić information content (AvgIpc) is 2.61. The van der Waals surface area contributed by atoms with E-state index in [-0.39, 0.29) is 9.80 Å². The van der Waals surface area contributed by atoms with Crippen molar-refractivity contribution in [3.8, 4) is 5.75 Å². The van der Waals surface area contributed by atoms with Crippen LogP contribution in [-0.2, 0) is 14.6 Å². The van der Waals surface area contributed by atoms with E-state index in [0.29, 0.717) is 11.3 Å². The molecule has 0 spiro atoms. The summed E-state index contributed by atoms with van der Waals surface area (Å²) in [5.41, 5.74) is -1.07. The number of hydrogen-bond acceptors (Lipinski definition) is 4. The fourth-order valence-electron chi connectivity index (χ4n) is 2.03. The fourth-order valence-corrected chi connectivity index (χ4v) is 4.00. The number of rotatable bonds is 3. The van der Waals surface area contributed by atoms with Crippen molar-refractivity contribution < 1.29 is 23.1 Å². The van der Waals surface area contributed by atoms with E-state index in [4.69, 9.17) is 4.74 Å². The van der Waals surface area contributed by atoms with Gasteiger partial charge in [0.2, 0.25) is 9.84 Å². The summed E-state index contributed by atoms with van der Waals surface area (Å²) in [5.74, 6) is -0.772. The van der Waals surface area contributed by atoms with Gasteiger partial charge in [-0.3, -0.25) is 4.79 Å². The Kier molecular flexibility index (Phi) is 2.93. The summed E-state index contributed by atoms with van der Waals surface area (Å²) in [6.45, 7) is 2.74. The third kappa shape index (κ3) is 1.83. The van der Waals surface area contributed by atoms with Crippen LogP contribution in [0, 0.1) is 5.41 Å². The van der Waals surface area contributed by atoms with Gasteiger partial charge in [-0.15, -0.1) is 0 Å². The second-order valence-electron chi connectivity index (χ2n) is 4.81. The zero-order valence-corrected chi connectivity index (χ0v) is 11.6. The lowest BCUT2D eigenvalue weighted by atomic mass is 9.92. The zero-order valence-electron chi connectivity index (χ0n) is 10.8. The molecule has 102 valence electrons. The number of carboxylic acids is 1. The van der Waals surface area contributed by atoms with Crippen LogP contribution in [0.5, 0.6) is 5.75 Å². The highest BCUT2D eigenvalue weighted by Crippen LogP contribution is 2.45. The molecule has 1 aromatic carbocycles. The molecule has 0 saturated carbocycles. The first-order chi connectivity index (χ1) is 8.72. The highest BCUT2D eigenvalue weighted by Gasteiger charge is 2.44. The molecule has 5 nitrogen and oxygen atoms in total. The van der Waals surface area contributed by atoms with Crippen molar-refractivity contribution in [2.45, 2.75) is 18.7 Å². The van der Waals surface area contributed by atoms with Gasteiger partial charge in [0.1, 0.15) is 5.75 Å². The van der Waals surface area contributed by atoms with E-state index in [1.165, 1.54) is 33.1 Å². The maximum atomic E-state index is 12.4. The van der Waals surface area contributed by atoms with Crippen molar-refractivity contribution in [2.75, 3.05) is 7.11 Å². The second-order valence-corrected chi connectivity index (χ2v) is 6.70. The first-order valence-corrected chi connectivity index (χ1v) is 7.09. The van der Waals surface area contributed by atoms with Crippen LogP contribution in [0.4, 0.5) is 0 Å². The zero-order chi connectivity index (χ0) is 14.4. The van der Waals surface area contributed by atoms with Crippen LogP contribution in [0.15, 0.2) is 28.0 Å². The maximum Gasteiger partial charge on any atom is 0.314 e. The van der Waals surface area contributed by atoms with Gasteiger partial charge in [-0.2, -0.15) is 0 Å². The Morgan fingerprint density at radius 2 is 1.95 bits per heavy atom. The molecule has 19 heavy (non-hydrogen) atoms. The molecule has 0 radical (unpaired) electrons. The number of sulfone groups is 1. The smallest absolute Gasteiger partial charge is 0.314 e. The monoisotopic (exact) mass is 282 g/mol. The standard InChI is InChI=1S/C13H14O5S/c1-13(2,12(14)15)11-7-8-9(18-3)5-4-6-10(8)19(11,16)17/h4-7H,1-3H3,(H,14,15). The molecule has 1 aliphatic heterocycles. The predicted molar refractivity (Wildman–Crippen MR) is 69.6 cm³/mol. The number of hydrogen-bond donors (Lipinski definition) is 1. The number of aliphatic carboxylic acids is 1. The van der Waals surface area contributed by atoms with Crippen molar-refractivity contribution in [3.05, 3.63) is 28.7 Å². The number of benzene rings is 1. The Morgan fingerprint density at radius 1 is 1.32 bits per heavy atom. The minimum atomic E-state index is -3.78. The van der Waals surface area contributed by atoms with Gasteiger partial charge in [-0.05, 0) is 32.1 Å². The summed E-state index contributed by atoms with van der Waals surface area (Å²) in [5, 5.41) is 9.20. The van der Waals surface area contributed by atoms with E-state index in [9.17, 15) is 18.3 Å². The molecule has 2 rings (SSSR count). The van der Waals surface area contributed by atoms with Crippen LogP contribution in [0.3, 0.4) is 0 Å². The predicted octanol–water partition coefficient (Wildman–Crippen LogP) is 1.93. The first kappa shape index (κ1) is 13.6. The summed E-state index contributed by atoms with van der Waals surface area (Å²) in [4.78, 5) is 11.2. The molecule has 0 aromatic heterocycles. The molecular weight excluding hydrogens is 268 g/mol. The molecule has 1 aromatic rings. The molecule has 0 fully saturated rings. The van der Waals surface area contributed by atoms with Crippen LogP contribution in [0.25, 0.3) is 6.08 Å². The van der Waals surface area contributed by atoms with Gasteiger partial charge in [0.05, 0.1) is 22.3 Å². The molecule has 1 aliphatic rings. The lowest BCUT2D eigenvalue weighted by Gasteiger charge is -2.20. The molecule has 0 aliphatic carbocycles. The first-order valence-electron chi connectivity index (χ1n) is 5.60. The number of carbonyl (C=O) groups is 1. The lowest BCUT2D eigenvalue weighted by molar-refractivity contribution is -0.144. The van der Waals surface area contributed by atoms with E-state index in [1.54, 1.807) is 12.1 Å². The molecule has 0 bridgehead atoms. The van der Waals surface area contributed by atoms with Crippen LogP contribution >= 0.6 is 0 Å². The Hall–Kier alpha value is -1.82. The largest absolute Gasteiger partial charge is 0.496 e. The lowest BCUT2D eigenvalue weighted by Crippen LogP contribution is -2.28. The average molecular weight is 282 g/mol. The minimum absolute atomic E-state index is 0.0937. The number of fused-ring (bicyclic) bond motifs is 1. The van der Waals surface area contributed by atoms with Crippen molar-refractivity contribution in [1.29, 1.82) is 0 Å². The molecule has 0 amide bonds. The Labute approximate surface area is 111 Å². The van der Waals surface area contributed by atoms with Crippen molar-refractivity contribution in [2.24, 2.45) is 5.41 Å². The van der Waals surface area contributed by atoms with E-state index < -0.39 is 21.2 Å². The van der Waals surface area contributed by atoms with Gasteiger partial charge in [0.15, 0.2) is 0 Å². The van der Waals surface area contributed by atoms with Crippen LogP contribution in [-0.4, -0.2) is 26.6 Å². The summed E-state index contributed by atoms with van der Waals surface area (Å²) >= 11 is 0. The normalized spacial score (nSPS) is 16.7. The Balaban J connectivity index is 2.73. The molecule has 0 unspecified atom stereocenters. The molecular formula is C13H14O5S. The fraction of sp³-hybridized carbons (Fsp3) is 0.308. The van der Waals surface area contributed by atoms with Crippen molar-refractivity contribution in [1.82, 2.24) is 0 Å². The molecule has 6 heteroatoms. The van der Waals surface area contributed by atoms with Crippen LogP contribution < -0.4 is 4.74 Å². The summed E-state index contributed by atoms with van der Waals surface area (Å²) in [6.07, 6.45) is 1.39. The van der Waals surface area contributed by atoms with Crippen molar-refractivity contribution >= 4 is 21.9 Å². The highest BCUT2D eigenvalue weighted by molar-refractivity contribution is 7.96. The Bertz CT molecular complexity index is 683. The third-order valence-electron chi connectivity index (χ3n) is 3.25. The van der Waals surface area contributed by atoms with Crippen LogP contribution in [0.2, 0.25) is 0 Å². The quantitative estimate of drug-likeness (QED) is 0.916. The van der Waals surface area contributed by atoms with Crippen molar-refractivity contribution in [3.63, 3.8) is 0 Å². The van der Waals surface area contributed by atoms with E-state index >= 15 is 0 Å². The van der Waals surface area contributed by atoms with E-state index in [0.717, 1.165) is 0 Å². The number of methoxy groups -OCH3 is 1. The second kappa shape index (κ2) is 4.09. The van der Waals surface area contributed by atoms with E-state index in [2.05, 4.69) is 0 Å². The summed E-state index contributed by atoms with van der Waals surface area (Å²) in [6, 6.07) is 4.66. The van der Waals surface area contributed by atoms with Gasteiger partial charge in [0, 0.05) is 5.56 Å². The topological polar surface area (TPSA) is 80.7 Å². The molecule has 1 N–H and O–H groups in total. The summed E-state index contributed by atoms with van der Waals surface area (Å²) < 4.78 is 29.9. The Morgan fingerprint density at radius 3 is 2.47 bits per heavy atom. The van der Waals surface area contributed by atoms with Gasteiger partial charge in [0.25, 0.3) is 0 Å². The highest BCUT2D eigenvalue weighted by atomic mass is 32.2. The number of carboxylic acid groups (broad SMARTS) is 1. The van der Waals surface area contributed by atoms with E-state index in [1.807, 2.05) is 0 Å². The minimum Gasteiger partial charge on any atom is -0.496 e. The molecule has 0 saturated heterocycles. The van der Waals surface area contributed by atoms with Crippen LogP contribution in [0.1, 0.15) is 19.4 Å². The van der Waals surface area contributed by atoms with Gasteiger partial charge >= 0.3 is 5.97 Å². The SMILES string of the molecule is COc1cccc2c1C=C(C(C)(C)C(=O)O)S2(=O)=O. The third-order valence-corrected chi connectivity index (χ3v) is 5.39. The maximum absolute atomic E-state index is 12.4. The van der Waals surface area contributed by atoms with Gasteiger partial charge < -0.3 is 9.84 Å². The number of ether oxygens (including phenoxy) is 1. The van der Waals surface area contributed by atoms with Gasteiger partial charge in [-0.1, -0.05) is 6.07 Å². The van der Waals surface area contributed by atoms with Gasteiger partial charge in [-0.25, -0.2) is 8.42 Å². The summed E-state index contributed by atoms with van der Waals surface area (Å²) in [7, 11) is -2.34. The molecule has 0 atom stereocenters. The molecule has 1 heterocycles.